The van der Waals surface area contributed by atoms with Gasteiger partial charge in [-0.15, -0.1) is 0 Å². The maximum absolute atomic E-state index is 5.04. The van der Waals surface area contributed by atoms with Gasteiger partial charge in [-0.2, -0.15) is 0 Å². The highest BCUT2D eigenvalue weighted by atomic mass is 15.0. The van der Waals surface area contributed by atoms with Gasteiger partial charge in [0.05, 0.1) is 16.6 Å². The third-order valence-electron chi connectivity index (χ3n) is 11.2. The molecule has 0 N–H and O–H groups in total. The Bertz CT molecular complexity index is 2980. The van der Waals surface area contributed by atoms with E-state index in [2.05, 4.69) is 158 Å². The second-order valence-corrected chi connectivity index (χ2v) is 14.0. The van der Waals surface area contributed by atoms with Crippen molar-refractivity contribution in [3.8, 4) is 27.9 Å². The summed E-state index contributed by atoms with van der Waals surface area (Å²) in [5.41, 5.74) is 12.4. The second-order valence-electron chi connectivity index (χ2n) is 14.0. The van der Waals surface area contributed by atoms with E-state index in [0.717, 1.165) is 11.0 Å². The minimum atomic E-state index is -0.0710. The van der Waals surface area contributed by atoms with Crippen LogP contribution in [-0.2, 0) is 5.41 Å². The molecule has 48 heavy (non-hydrogen) atoms. The van der Waals surface area contributed by atoms with E-state index in [4.69, 9.17) is 4.98 Å². The molecule has 0 spiro atoms. The summed E-state index contributed by atoms with van der Waals surface area (Å²) in [5.74, 6) is 0. The van der Waals surface area contributed by atoms with Gasteiger partial charge in [-0.3, -0.25) is 4.98 Å². The summed E-state index contributed by atoms with van der Waals surface area (Å²) in [4.78, 5) is 5.04. The van der Waals surface area contributed by atoms with Crippen molar-refractivity contribution in [3.05, 3.63) is 157 Å². The largest absolute Gasteiger partial charge is 0.308 e. The fourth-order valence-electron chi connectivity index (χ4n) is 8.90. The first-order chi connectivity index (χ1) is 23.6. The number of rotatable bonds is 2. The van der Waals surface area contributed by atoms with E-state index in [9.17, 15) is 0 Å². The lowest BCUT2D eigenvalue weighted by Gasteiger charge is -2.22. The molecule has 224 valence electrons. The SMILES string of the molecule is CC1(C)c2ccccc2-c2ccc(-n3c4cccnc4c4c5ccc6ccc(-c7ccc8ccccc8c7)c7ccc(cc43)c5c67)cc21. The molecule has 0 unspecified atom stereocenters. The maximum atomic E-state index is 5.04. The molecule has 0 fully saturated rings. The Labute approximate surface area is 277 Å². The molecule has 2 nitrogen and oxygen atoms in total. The molecule has 0 atom stereocenters. The zero-order valence-electron chi connectivity index (χ0n) is 26.8. The number of fused-ring (bicyclic) bond motifs is 8. The van der Waals surface area contributed by atoms with Gasteiger partial charge in [0.1, 0.15) is 0 Å². The lowest BCUT2D eigenvalue weighted by atomic mass is 9.82. The summed E-state index contributed by atoms with van der Waals surface area (Å²) in [6.07, 6.45) is 1.93. The van der Waals surface area contributed by atoms with Crippen LogP contribution in [0.4, 0.5) is 0 Å². The Morgan fingerprint density at radius 2 is 1.21 bits per heavy atom. The first-order valence-electron chi connectivity index (χ1n) is 16.8. The number of hydrogen-bond acceptors (Lipinski definition) is 1. The lowest BCUT2D eigenvalue weighted by molar-refractivity contribution is 0.660. The van der Waals surface area contributed by atoms with Crippen LogP contribution in [0.5, 0.6) is 0 Å². The van der Waals surface area contributed by atoms with Crippen LogP contribution in [-0.4, -0.2) is 9.55 Å². The van der Waals surface area contributed by atoms with Crippen LogP contribution < -0.4 is 0 Å². The highest BCUT2D eigenvalue weighted by molar-refractivity contribution is 6.33. The zero-order chi connectivity index (χ0) is 31.7. The molecule has 0 aliphatic heterocycles. The van der Waals surface area contributed by atoms with Gasteiger partial charge in [-0.25, -0.2) is 0 Å². The molecular weight excluding hydrogens is 581 g/mol. The van der Waals surface area contributed by atoms with E-state index in [1.54, 1.807) is 0 Å². The minimum absolute atomic E-state index is 0.0710. The zero-order valence-corrected chi connectivity index (χ0v) is 26.8. The van der Waals surface area contributed by atoms with Gasteiger partial charge in [-0.05, 0) is 113 Å². The van der Waals surface area contributed by atoms with Crippen molar-refractivity contribution in [2.45, 2.75) is 19.3 Å². The molecule has 2 aromatic heterocycles. The fraction of sp³-hybridized carbons (Fsp3) is 0.0652. The number of benzene rings is 8. The number of nitrogens with zero attached hydrogens (tertiary/aromatic N) is 2. The molecule has 0 saturated carbocycles. The molecule has 0 saturated heterocycles. The van der Waals surface area contributed by atoms with Gasteiger partial charge in [-0.1, -0.05) is 117 Å². The molecular formula is C46H30N2. The van der Waals surface area contributed by atoms with Gasteiger partial charge in [0.15, 0.2) is 0 Å². The molecule has 0 radical (unpaired) electrons. The Hall–Kier alpha value is -5.99. The van der Waals surface area contributed by atoms with Crippen LogP contribution in [0.25, 0.3) is 93.0 Å². The summed E-state index contributed by atoms with van der Waals surface area (Å²) in [6, 6.07) is 51.9. The Morgan fingerprint density at radius 3 is 2.15 bits per heavy atom. The molecule has 2 heterocycles. The van der Waals surface area contributed by atoms with Crippen LogP contribution in [0.1, 0.15) is 25.0 Å². The Balaban J connectivity index is 1.20. The third-order valence-corrected chi connectivity index (χ3v) is 11.2. The summed E-state index contributed by atoms with van der Waals surface area (Å²) in [6.45, 7) is 4.71. The first-order valence-corrected chi connectivity index (χ1v) is 16.8. The van der Waals surface area contributed by atoms with Gasteiger partial charge in [0.25, 0.3) is 0 Å². The average molecular weight is 611 g/mol. The fourth-order valence-corrected chi connectivity index (χ4v) is 8.90. The predicted octanol–water partition coefficient (Wildman–Crippen LogP) is 12.2. The molecule has 11 rings (SSSR count). The van der Waals surface area contributed by atoms with Gasteiger partial charge < -0.3 is 4.57 Å². The average Bonchev–Trinajstić information content (AvgIpc) is 3.58. The van der Waals surface area contributed by atoms with Crippen molar-refractivity contribution in [1.82, 2.24) is 9.55 Å². The van der Waals surface area contributed by atoms with E-state index in [1.165, 1.54) is 93.1 Å². The van der Waals surface area contributed by atoms with Crippen LogP contribution in [0, 0.1) is 0 Å². The highest BCUT2D eigenvalue weighted by Crippen LogP contribution is 2.50. The monoisotopic (exact) mass is 610 g/mol. The lowest BCUT2D eigenvalue weighted by Crippen LogP contribution is -2.15. The molecule has 0 amide bonds. The Kier molecular flexibility index (Phi) is 4.94. The van der Waals surface area contributed by atoms with Gasteiger partial charge in [0.2, 0.25) is 0 Å². The number of hydrogen-bond donors (Lipinski definition) is 0. The van der Waals surface area contributed by atoms with Crippen LogP contribution in [0.3, 0.4) is 0 Å². The molecule has 8 aromatic carbocycles. The van der Waals surface area contributed by atoms with Crippen molar-refractivity contribution >= 4 is 65.0 Å². The summed E-state index contributed by atoms with van der Waals surface area (Å²) < 4.78 is 2.44. The summed E-state index contributed by atoms with van der Waals surface area (Å²) in [7, 11) is 0. The molecule has 0 bridgehead atoms. The van der Waals surface area contributed by atoms with Crippen molar-refractivity contribution in [2.24, 2.45) is 0 Å². The van der Waals surface area contributed by atoms with Crippen molar-refractivity contribution in [1.29, 1.82) is 0 Å². The van der Waals surface area contributed by atoms with Gasteiger partial charge >= 0.3 is 0 Å². The predicted molar refractivity (Wildman–Crippen MR) is 203 cm³/mol. The van der Waals surface area contributed by atoms with E-state index in [1.807, 2.05) is 6.20 Å². The van der Waals surface area contributed by atoms with E-state index < -0.39 is 0 Å². The van der Waals surface area contributed by atoms with Crippen LogP contribution in [0.2, 0.25) is 0 Å². The standard InChI is InChI=1S/C46H30N2/c1-46(2)38-11-6-5-10-34(38)35-22-18-32(26-39(35)46)48-40-12-7-23-47-45(40)44-37-21-16-28-15-19-33(30-14-13-27-8-3-4-9-29(27)24-30)36-20-17-31(25-41(44)48)43(37)42(28)36/h3-26H,1-2H3. The maximum Gasteiger partial charge on any atom is 0.0969 e. The summed E-state index contributed by atoms with van der Waals surface area (Å²) in [5, 5.41) is 11.5. The highest BCUT2D eigenvalue weighted by Gasteiger charge is 2.35. The minimum Gasteiger partial charge on any atom is -0.308 e. The van der Waals surface area contributed by atoms with E-state index in [-0.39, 0.29) is 5.41 Å². The van der Waals surface area contributed by atoms with Gasteiger partial charge in [0, 0.05) is 22.7 Å². The second kappa shape index (κ2) is 9.08. The normalized spacial score (nSPS) is 13.8. The van der Waals surface area contributed by atoms with Crippen LogP contribution in [0.15, 0.2) is 146 Å². The topological polar surface area (TPSA) is 17.8 Å². The summed E-state index contributed by atoms with van der Waals surface area (Å²) >= 11 is 0. The third kappa shape index (κ3) is 3.29. The number of aromatic nitrogens is 2. The van der Waals surface area contributed by atoms with Crippen molar-refractivity contribution < 1.29 is 0 Å². The molecule has 10 aromatic rings. The molecule has 1 aliphatic carbocycles. The number of pyridine rings is 1. The quantitative estimate of drug-likeness (QED) is 0.178. The molecule has 2 heteroatoms. The smallest absolute Gasteiger partial charge is 0.0969 e. The first kappa shape index (κ1) is 26.1. The Morgan fingerprint density at radius 1 is 0.479 bits per heavy atom. The van der Waals surface area contributed by atoms with Crippen LogP contribution >= 0.6 is 0 Å². The van der Waals surface area contributed by atoms with E-state index in [0.29, 0.717) is 0 Å². The molecule has 1 aliphatic rings. The van der Waals surface area contributed by atoms with Crippen molar-refractivity contribution in [2.75, 3.05) is 0 Å². The van der Waals surface area contributed by atoms with Crippen molar-refractivity contribution in [3.63, 3.8) is 0 Å². The van der Waals surface area contributed by atoms with E-state index >= 15 is 0 Å².